The number of nitrogens with zero attached hydrogens (tertiary/aromatic N) is 1. The van der Waals surface area contributed by atoms with Crippen LogP contribution in [0.4, 0.5) is 0 Å². The van der Waals surface area contributed by atoms with Gasteiger partial charge < -0.3 is 14.2 Å². The molecule has 130 valence electrons. The van der Waals surface area contributed by atoms with Crippen molar-refractivity contribution >= 4 is 5.78 Å². The number of rotatable bonds is 4. The van der Waals surface area contributed by atoms with Crippen LogP contribution in [0.25, 0.3) is 0 Å². The molecule has 0 saturated carbocycles. The summed E-state index contributed by atoms with van der Waals surface area (Å²) in [6.45, 7) is 4.69. The number of ether oxygens (including phenoxy) is 3. The molecule has 0 bridgehead atoms. The van der Waals surface area contributed by atoms with Gasteiger partial charge in [-0.15, -0.1) is 0 Å². The second-order valence-electron chi connectivity index (χ2n) is 6.32. The molecule has 2 aromatic carbocycles. The average Bonchev–Trinajstić information content (AvgIpc) is 2.68. The Morgan fingerprint density at radius 3 is 2.60 bits per heavy atom. The van der Waals surface area contributed by atoms with Crippen molar-refractivity contribution in [2.45, 2.75) is 6.10 Å². The number of benzene rings is 2. The third kappa shape index (κ3) is 3.67. The zero-order valence-corrected chi connectivity index (χ0v) is 14.0. The lowest BCUT2D eigenvalue weighted by molar-refractivity contribution is 0.00311. The maximum atomic E-state index is 12.6. The summed E-state index contributed by atoms with van der Waals surface area (Å²) in [5, 5.41) is 0. The van der Waals surface area contributed by atoms with E-state index >= 15 is 0 Å². The van der Waals surface area contributed by atoms with E-state index in [4.69, 9.17) is 14.2 Å². The van der Waals surface area contributed by atoms with E-state index in [1.165, 1.54) is 0 Å². The number of hydrogen-bond donors (Lipinski definition) is 0. The van der Waals surface area contributed by atoms with Gasteiger partial charge in [0.15, 0.2) is 17.3 Å². The highest BCUT2D eigenvalue weighted by molar-refractivity contribution is 6.09. The third-order valence-corrected chi connectivity index (χ3v) is 4.53. The number of carbonyl (C=O) groups excluding carboxylic acids is 1. The first-order valence-electron chi connectivity index (χ1n) is 8.63. The van der Waals surface area contributed by atoms with E-state index in [1.807, 2.05) is 36.4 Å². The van der Waals surface area contributed by atoms with Crippen LogP contribution < -0.4 is 9.47 Å². The Balaban J connectivity index is 1.48. The van der Waals surface area contributed by atoms with Gasteiger partial charge in [0.05, 0.1) is 13.2 Å². The van der Waals surface area contributed by atoms with Crippen molar-refractivity contribution in [3.8, 4) is 11.5 Å². The fourth-order valence-electron chi connectivity index (χ4n) is 3.17. The largest absolute Gasteiger partial charge is 0.486 e. The van der Waals surface area contributed by atoms with Gasteiger partial charge in [-0.05, 0) is 18.2 Å². The van der Waals surface area contributed by atoms with Crippen LogP contribution in [0.2, 0.25) is 0 Å². The van der Waals surface area contributed by atoms with Crippen molar-refractivity contribution in [3.63, 3.8) is 0 Å². The predicted octanol–water partition coefficient (Wildman–Crippen LogP) is 2.39. The van der Waals surface area contributed by atoms with Gasteiger partial charge in [-0.3, -0.25) is 9.69 Å². The van der Waals surface area contributed by atoms with Crippen LogP contribution in [-0.4, -0.2) is 56.2 Å². The Morgan fingerprint density at radius 2 is 1.80 bits per heavy atom. The molecule has 2 aliphatic heterocycles. The zero-order chi connectivity index (χ0) is 17.1. The highest BCUT2D eigenvalue weighted by atomic mass is 16.6. The molecule has 0 aromatic heterocycles. The second-order valence-corrected chi connectivity index (χ2v) is 6.32. The Bertz CT molecular complexity index is 741. The van der Waals surface area contributed by atoms with Gasteiger partial charge in [0.25, 0.3) is 0 Å². The second kappa shape index (κ2) is 7.25. The zero-order valence-electron chi connectivity index (χ0n) is 14.0. The van der Waals surface area contributed by atoms with E-state index in [1.54, 1.807) is 12.1 Å². The summed E-state index contributed by atoms with van der Waals surface area (Å²) in [5.41, 5.74) is 1.28. The van der Waals surface area contributed by atoms with Crippen molar-refractivity contribution in [2.24, 2.45) is 0 Å². The van der Waals surface area contributed by atoms with Gasteiger partial charge in [0, 0.05) is 30.8 Å². The molecule has 1 unspecified atom stereocenters. The first-order valence-corrected chi connectivity index (χ1v) is 8.63. The first-order chi connectivity index (χ1) is 12.3. The molecule has 0 aliphatic carbocycles. The maximum Gasteiger partial charge on any atom is 0.193 e. The van der Waals surface area contributed by atoms with Crippen LogP contribution in [0, 0.1) is 0 Å². The predicted molar refractivity (Wildman–Crippen MR) is 93.5 cm³/mol. The normalized spacial score (nSPS) is 20.2. The molecule has 1 saturated heterocycles. The van der Waals surface area contributed by atoms with Gasteiger partial charge in [-0.25, -0.2) is 0 Å². The van der Waals surface area contributed by atoms with Crippen LogP contribution in [-0.2, 0) is 4.74 Å². The molecule has 0 radical (unpaired) electrons. The summed E-state index contributed by atoms with van der Waals surface area (Å²) in [7, 11) is 0. The van der Waals surface area contributed by atoms with E-state index in [0.29, 0.717) is 29.2 Å². The SMILES string of the molecule is O=C(c1ccccc1)c1ccc2c(c1)OC(CN1CCOCC1)CO2. The molecule has 0 spiro atoms. The topological polar surface area (TPSA) is 48.0 Å². The third-order valence-electron chi connectivity index (χ3n) is 4.53. The van der Waals surface area contributed by atoms with Crippen molar-refractivity contribution in [1.82, 2.24) is 4.90 Å². The van der Waals surface area contributed by atoms with Gasteiger partial charge in [0.1, 0.15) is 12.7 Å². The Morgan fingerprint density at radius 1 is 1.00 bits per heavy atom. The number of carbonyl (C=O) groups is 1. The smallest absolute Gasteiger partial charge is 0.193 e. The fraction of sp³-hybridized carbons (Fsp3) is 0.350. The molecule has 0 amide bonds. The molecule has 5 heteroatoms. The number of ketones is 1. The number of morpholine rings is 1. The minimum Gasteiger partial charge on any atom is -0.486 e. The Hall–Kier alpha value is -2.37. The van der Waals surface area contributed by atoms with Crippen molar-refractivity contribution in [2.75, 3.05) is 39.5 Å². The lowest BCUT2D eigenvalue weighted by atomic mass is 10.0. The molecule has 4 rings (SSSR count). The number of fused-ring (bicyclic) bond motifs is 1. The quantitative estimate of drug-likeness (QED) is 0.801. The summed E-state index contributed by atoms with van der Waals surface area (Å²) in [5.74, 6) is 1.33. The van der Waals surface area contributed by atoms with Crippen LogP contribution >= 0.6 is 0 Å². The van der Waals surface area contributed by atoms with Crippen LogP contribution in [0.15, 0.2) is 48.5 Å². The number of hydrogen-bond acceptors (Lipinski definition) is 5. The highest BCUT2D eigenvalue weighted by Gasteiger charge is 2.25. The van der Waals surface area contributed by atoms with E-state index in [2.05, 4.69) is 4.90 Å². The van der Waals surface area contributed by atoms with Crippen molar-refractivity contribution < 1.29 is 19.0 Å². The van der Waals surface area contributed by atoms with Gasteiger partial charge >= 0.3 is 0 Å². The molecule has 1 atom stereocenters. The molecule has 2 aliphatic rings. The summed E-state index contributed by atoms with van der Waals surface area (Å²) < 4.78 is 17.3. The van der Waals surface area contributed by atoms with E-state index in [-0.39, 0.29) is 11.9 Å². The molecule has 0 N–H and O–H groups in total. The fourth-order valence-corrected chi connectivity index (χ4v) is 3.17. The van der Waals surface area contributed by atoms with E-state index < -0.39 is 0 Å². The standard InChI is InChI=1S/C20H21NO4/c22-20(15-4-2-1-3-5-15)16-6-7-18-19(12-16)25-17(14-24-18)13-21-8-10-23-11-9-21/h1-7,12,17H,8-11,13-14H2. The molecular weight excluding hydrogens is 318 g/mol. The average molecular weight is 339 g/mol. The molecule has 5 nitrogen and oxygen atoms in total. The van der Waals surface area contributed by atoms with Crippen LogP contribution in [0.1, 0.15) is 15.9 Å². The Labute approximate surface area is 147 Å². The van der Waals surface area contributed by atoms with Crippen LogP contribution in [0.5, 0.6) is 11.5 Å². The minimum absolute atomic E-state index is 0.0118. The first kappa shape index (κ1) is 16.1. The Kier molecular flexibility index (Phi) is 4.68. The molecule has 2 heterocycles. The molecule has 1 fully saturated rings. The summed E-state index contributed by atoms with van der Waals surface area (Å²) in [6, 6.07) is 14.7. The maximum absolute atomic E-state index is 12.6. The van der Waals surface area contributed by atoms with E-state index in [0.717, 1.165) is 32.8 Å². The highest BCUT2D eigenvalue weighted by Crippen LogP contribution is 2.33. The van der Waals surface area contributed by atoms with Gasteiger partial charge in [-0.1, -0.05) is 30.3 Å². The molecule has 25 heavy (non-hydrogen) atoms. The molecule has 2 aromatic rings. The van der Waals surface area contributed by atoms with Crippen molar-refractivity contribution in [3.05, 3.63) is 59.7 Å². The van der Waals surface area contributed by atoms with Crippen molar-refractivity contribution in [1.29, 1.82) is 0 Å². The molecular formula is C20H21NO4. The lowest BCUT2D eigenvalue weighted by Crippen LogP contribution is -2.45. The summed E-state index contributed by atoms with van der Waals surface area (Å²) >= 11 is 0. The monoisotopic (exact) mass is 339 g/mol. The van der Waals surface area contributed by atoms with E-state index in [9.17, 15) is 4.79 Å². The van der Waals surface area contributed by atoms with Crippen LogP contribution in [0.3, 0.4) is 0 Å². The lowest BCUT2D eigenvalue weighted by Gasteiger charge is -2.33. The minimum atomic E-state index is -0.0346. The summed E-state index contributed by atoms with van der Waals surface area (Å²) in [6.07, 6.45) is -0.0346. The van der Waals surface area contributed by atoms with Gasteiger partial charge in [0.2, 0.25) is 0 Å². The van der Waals surface area contributed by atoms with Gasteiger partial charge in [-0.2, -0.15) is 0 Å². The summed E-state index contributed by atoms with van der Waals surface area (Å²) in [4.78, 5) is 14.9.